The van der Waals surface area contributed by atoms with Crippen molar-refractivity contribution in [2.45, 2.75) is 33.1 Å². The Kier molecular flexibility index (Phi) is 4.94. The summed E-state index contributed by atoms with van der Waals surface area (Å²) in [4.78, 5) is 13.4. The average molecular weight is 198 g/mol. The predicted molar refractivity (Wildman–Crippen MR) is 58.1 cm³/mol. The number of rotatable bonds is 4. The molecule has 0 saturated carbocycles. The van der Waals surface area contributed by atoms with Crippen LogP contribution in [0.1, 0.15) is 33.1 Å². The lowest BCUT2D eigenvalue weighted by Crippen LogP contribution is -2.39. The van der Waals surface area contributed by atoms with E-state index in [2.05, 4.69) is 17.1 Å². The lowest BCUT2D eigenvalue weighted by atomic mass is 9.99. The van der Waals surface area contributed by atoms with Gasteiger partial charge in [-0.25, -0.2) is 0 Å². The zero-order valence-electron chi connectivity index (χ0n) is 9.38. The van der Waals surface area contributed by atoms with Crippen LogP contribution in [0.3, 0.4) is 0 Å². The highest BCUT2D eigenvalue weighted by atomic mass is 16.1. The van der Waals surface area contributed by atoms with Crippen molar-refractivity contribution in [3.05, 3.63) is 0 Å². The number of nitrogens with zero attached hydrogens (tertiary/aromatic N) is 1. The number of piperidine rings is 1. The van der Waals surface area contributed by atoms with Crippen molar-refractivity contribution in [2.24, 2.45) is 5.92 Å². The molecule has 3 heteroatoms. The molecule has 0 radical (unpaired) electrons. The third kappa shape index (κ3) is 4.09. The molecule has 1 heterocycles. The molecule has 0 aromatic heterocycles. The second-order valence-corrected chi connectivity index (χ2v) is 4.23. The first kappa shape index (κ1) is 11.5. The maximum absolute atomic E-state index is 11.0. The molecule has 0 aromatic rings. The quantitative estimate of drug-likeness (QED) is 0.737. The topological polar surface area (TPSA) is 32.3 Å². The van der Waals surface area contributed by atoms with Crippen molar-refractivity contribution in [1.82, 2.24) is 10.2 Å². The highest BCUT2D eigenvalue weighted by molar-refractivity contribution is 5.75. The molecule has 0 unspecified atom stereocenters. The Bertz CT molecular complexity index is 174. The van der Waals surface area contributed by atoms with Gasteiger partial charge in [0, 0.05) is 19.5 Å². The molecule has 1 N–H and O–H groups in total. The Balaban J connectivity index is 2.04. The van der Waals surface area contributed by atoms with Gasteiger partial charge in [-0.3, -0.25) is 4.79 Å². The molecule has 1 amide bonds. The zero-order valence-corrected chi connectivity index (χ0v) is 9.38. The maximum atomic E-state index is 11.0. The summed E-state index contributed by atoms with van der Waals surface area (Å²) in [7, 11) is 0. The van der Waals surface area contributed by atoms with Crippen LogP contribution in [-0.2, 0) is 4.79 Å². The van der Waals surface area contributed by atoms with Gasteiger partial charge in [-0.2, -0.15) is 0 Å². The van der Waals surface area contributed by atoms with Gasteiger partial charge in [-0.05, 0) is 31.8 Å². The fourth-order valence-corrected chi connectivity index (χ4v) is 1.76. The van der Waals surface area contributed by atoms with Gasteiger partial charge in [0.2, 0.25) is 5.91 Å². The minimum Gasteiger partial charge on any atom is -0.355 e. The Morgan fingerprint density at radius 1 is 1.43 bits per heavy atom. The minimum absolute atomic E-state index is 0.162. The van der Waals surface area contributed by atoms with E-state index in [0.29, 0.717) is 6.42 Å². The molecule has 1 fully saturated rings. The Labute approximate surface area is 86.9 Å². The zero-order chi connectivity index (χ0) is 10.4. The summed E-state index contributed by atoms with van der Waals surface area (Å²) in [5.74, 6) is 1.05. The molecule has 0 aromatic carbocycles. The first-order valence-corrected chi connectivity index (χ1v) is 5.71. The predicted octanol–water partition coefficient (Wildman–Crippen LogP) is 1.24. The van der Waals surface area contributed by atoms with E-state index < -0.39 is 0 Å². The van der Waals surface area contributed by atoms with Crippen LogP contribution < -0.4 is 5.32 Å². The number of nitrogens with one attached hydrogen (secondary N) is 1. The molecular weight excluding hydrogens is 176 g/mol. The summed E-state index contributed by atoms with van der Waals surface area (Å²) in [6, 6.07) is 0. The molecule has 1 aliphatic rings. The SMILES string of the molecule is CCC(=O)NCCN1CCC(C)CC1. The monoisotopic (exact) mass is 198 g/mol. The number of hydrogen-bond donors (Lipinski definition) is 1. The van der Waals surface area contributed by atoms with Gasteiger partial charge in [0.1, 0.15) is 0 Å². The number of carbonyl (C=O) groups is 1. The highest BCUT2D eigenvalue weighted by Crippen LogP contribution is 2.14. The number of amides is 1. The van der Waals surface area contributed by atoms with Crippen LogP contribution in [-0.4, -0.2) is 37.0 Å². The number of likely N-dealkylation sites (tertiary alicyclic amines) is 1. The molecule has 3 nitrogen and oxygen atoms in total. The summed E-state index contributed by atoms with van der Waals surface area (Å²) < 4.78 is 0. The van der Waals surface area contributed by atoms with E-state index in [0.717, 1.165) is 19.0 Å². The number of carbonyl (C=O) groups excluding carboxylic acids is 1. The van der Waals surface area contributed by atoms with E-state index in [1.807, 2.05) is 6.92 Å². The molecule has 14 heavy (non-hydrogen) atoms. The van der Waals surface area contributed by atoms with Gasteiger partial charge >= 0.3 is 0 Å². The second-order valence-electron chi connectivity index (χ2n) is 4.23. The first-order valence-electron chi connectivity index (χ1n) is 5.71. The molecule has 1 saturated heterocycles. The van der Waals surface area contributed by atoms with Crippen LogP contribution >= 0.6 is 0 Å². The van der Waals surface area contributed by atoms with E-state index in [-0.39, 0.29) is 5.91 Å². The van der Waals surface area contributed by atoms with Gasteiger partial charge in [0.15, 0.2) is 0 Å². The summed E-state index contributed by atoms with van der Waals surface area (Å²) in [5, 5.41) is 2.91. The third-order valence-corrected chi connectivity index (χ3v) is 2.95. The Hall–Kier alpha value is -0.570. The van der Waals surface area contributed by atoms with Gasteiger partial charge in [-0.1, -0.05) is 13.8 Å². The van der Waals surface area contributed by atoms with Crippen LogP contribution in [0.25, 0.3) is 0 Å². The highest BCUT2D eigenvalue weighted by Gasteiger charge is 2.14. The fraction of sp³-hybridized carbons (Fsp3) is 0.909. The van der Waals surface area contributed by atoms with E-state index in [4.69, 9.17) is 0 Å². The van der Waals surface area contributed by atoms with Crippen molar-refractivity contribution >= 4 is 5.91 Å². The Morgan fingerprint density at radius 3 is 2.64 bits per heavy atom. The molecule has 0 bridgehead atoms. The van der Waals surface area contributed by atoms with Crippen molar-refractivity contribution in [1.29, 1.82) is 0 Å². The van der Waals surface area contributed by atoms with Gasteiger partial charge in [-0.15, -0.1) is 0 Å². The summed E-state index contributed by atoms with van der Waals surface area (Å²) in [6.45, 7) is 8.42. The summed E-state index contributed by atoms with van der Waals surface area (Å²) in [5.41, 5.74) is 0. The lowest BCUT2D eigenvalue weighted by Gasteiger charge is -2.30. The lowest BCUT2D eigenvalue weighted by molar-refractivity contribution is -0.120. The molecule has 1 aliphatic heterocycles. The fourth-order valence-electron chi connectivity index (χ4n) is 1.76. The van der Waals surface area contributed by atoms with Crippen molar-refractivity contribution in [3.8, 4) is 0 Å². The van der Waals surface area contributed by atoms with Crippen LogP contribution in [0.15, 0.2) is 0 Å². The van der Waals surface area contributed by atoms with Crippen LogP contribution in [0.2, 0.25) is 0 Å². The third-order valence-electron chi connectivity index (χ3n) is 2.95. The molecular formula is C11H22N2O. The Morgan fingerprint density at radius 2 is 2.07 bits per heavy atom. The molecule has 0 atom stereocenters. The van der Waals surface area contributed by atoms with Crippen molar-refractivity contribution in [3.63, 3.8) is 0 Å². The van der Waals surface area contributed by atoms with E-state index in [1.54, 1.807) is 0 Å². The van der Waals surface area contributed by atoms with Crippen LogP contribution in [0, 0.1) is 5.92 Å². The van der Waals surface area contributed by atoms with Gasteiger partial charge < -0.3 is 10.2 Å². The van der Waals surface area contributed by atoms with Crippen LogP contribution in [0.4, 0.5) is 0 Å². The second kappa shape index (κ2) is 6.02. The standard InChI is InChI=1S/C11H22N2O/c1-3-11(14)12-6-9-13-7-4-10(2)5-8-13/h10H,3-9H2,1-2H3,(H,12,14). The molecule has 82 valence electrons. The molecule has 1 rings (SSSR count). The van der Waals surface area contributed by atoms with Gasteiger partial charge in [0.25, 0.3) is 0 Å². The van der Waals surface area contributed by atoms with Crippen LogP contribution in [0.5, 0.6) is 0 Å². The summed E-state index contributed by atoms with van der Waals surface area (Å²) in [6.07, 6.45) is 3.21. The molecule has 0 aliphatic carbocycles. The number of hydrogen-bond acceptors (Lipinski definition) is 2. The van der Waals surface area contributed by atoms with E-state index in [1.165, 1.54) is 25.9 Å². The smallest absolute Gasteiger partial charge is 0.219 e. The van der Waals surface area contributed by atoms with Crippen molar-refractivity contribution in [2.75, 3.05) is 26.2 Å². The van der Waals surface area contributed by atoms with E-state index >= 15 is 0 Å². The first-order chi connectivity index (χ1) is 6.72. The average Bonchev–Trinajstić information content (AvgIpc) is 2.21. The maximum Gasteiger partial charge on any atom is 0.219 e. The van der Waals surface area contributed by atoms with Crippen molar-refractivity contribution < 1.29 is 4.79 Å². The minimum atomic E-state index is 0.162. The van der Waals surface area contributed by atoms with Gasteiger partial charge in [0.05, 0.1) is 0 Å². The largest absolute Gasteiger partial charge is 0.355 e. The van der Waals surface area contributed by atoms with E-state index in [9.17, 15) is 4.79 Å². The summed E-state index contributed by atoms with van der Waals surface area (Å²) >= 11 is 0. The normalized spacial score (nSPS) is 19.6. The molecule has 0 spiro atoms.